The summed E-state index contributed by atoms with van der Waals surface area (Å²) in [6, 6.07) is 16.3. The molecule has 0 radical (unpaired) electrons. The average Bonchev–Trinajstić information content (AvgIpc) is 2.76. The van der Waals surface area contributed by atoms with E-state index in [4.69, 9.17) is 0 Å². The lowest BCUT2D eigenvalue weighted by molar-refractivity contribution is 0.150. The second kappa shape index (κ2) is 5.10. The molecular formula is C17H18N2O. The summed E-state index contributed by atoms with van der Waals surface area (Å²) >= 11 is 0. The Labute approximate surface area is 118 Å². The third kappa shape index (κ3) is 2.45. The Morgan fingerprint density at radius 3 is 2.50 bits per heavy atom. The van der Waals surface area contributed by atoms with Crippen LogP contribution in [0.5, 0.6) is 0 Å². The molecule has 1 aromatic heterocycles. The number of nitrogens with zero attached hydrogens (tertiary/aromatic N) is 2. The smallest absolute Gasteiger partial charge is 0.0986 e. The van der Waals surface area contributed by atoms with Gasteiger partial charge in [-0.05, 0) is 42.3 Å². The van der Waals surface area contributed by atoms with E-state index >= 15 is 0 Å². The lowest BCUT2D eigenvalue weighted by Crippen LogP contribution is -2.11. The average molecular weight is 266 g/mol. The van der Waals surface area contributed by atoms with Crippen LogP contribution in [0.3, 0.4) is 0 Å². The molecule has 102 valence electrons. The number of aliphatic hydroxyl groups excluding tert-OH is 1. The largest absolute Gasteiger partial charge is 0.386 e. The predicted molar refractivity (Wildman–Crippen MR) is 80.6 cm³/mol. The maximum Gasteiger partial charge on any atom is 0.0986 e. The van der Waals surface area contributed by atoms with Gasteiger partial charge in [0.25, 0.3) is 0 Å². The Bertz CT molecular complexity index is 746. The van der Waals surface area contributed by atoms with Crippen molar-refractivity contribution in [3.8, 4) is 0 Å². The third-order valence-corrected chi connectivity index (χ3v) is 3.61. The van der Waals surface area contributed by atoms with Crippen molar-refractivity contribution in [2.75, 3.05) is 0 Å². The van der Waals surface area contributed by atoms with Crippen molar-refractivity contribution in [3.05, 3.63) is 65.5 Å². The summed E-state index contributed by atoms with van der Waals surface area (Å²) in [5.74, 6) is 0. The standard InChI is InChI=1S/C17H18N2O/c1-12-9-13(2)19(18-12)11-17(20)16-8-7-14-5-3-4-6-15(14)10-16/h3-10,17,20H,11H2,1-2H3. The summed E-state index contributed by atoms with van der Waals surface area (Å²) in [6.45, 7) is 4.46. The second-order valence-electron chi connectivity index (χ2n) is 5.23. The number of fused-ring (bicyclic) bond motifs is 1. The van der Waals surface area contributed by atoms with Gasteiger partial charge in [0.15, 0.2) is 0 Å². The highest BCUT2D eigenvalue weighted by atomic mass is 16.3. The molecule has 20 heavy (non-hydrogen) atoms. The van der Waals surface area contributed by atoms with E-state index in [-0.39, 0.29) is 0 Å². The Morgan fingerprint density at radius 2 is 1.80 bits per heavy atom. The van der Waals surface area contributed by atoms with Gasteiger partial charge in [-0.1, -0.05) is 36.4 Å². The highest BCUT2D eigenvalue weighted by Crippen LogP contribution is 2.21. The van der Waals surface area contributed by atoms with Gasteiger partial charge in [0.1, 0.15) is 0 Å². The molecule has 2 aromatic carbocycles. The minimum Gasteiger partial charge on any atom is -0.386 e. The second-order valence-corrected chi connectivity index (χ2v) is 5.23. The SMILES string of the molecule is Cc1cc(C)n(CC(O)c2ccc3ccccc3c2)n1. The lowest BCUT2D eigenvalue weighted by Gasteiger charge is -2.13. The first kappa shape index (κ1) is 12.9. The molecule has 0 fully saturated rings. The number of aliphatic hydroxyl groups is 1. The molecule has 3 rings (SSSR count). The molecule has 1 atom stereocenters. The van der Waals surface area contributed by atoms with Crippen molar-refractivity contribution in [3.63, 3.8) is 0 Å². The minimum atomic E-state index is -0.544. The number of aryl methyl sites for hydroxylation is 2. The van der Waals surface area contributed by atoms with Crippen molar-refractivity contribution < 1.29 is 5.11 Å². The summed E-state index contributed by atoms with van der Waals surface area (Å²) < 4.78 is 1.86. The van der Waals surface area contributed by atoms with Gasteiger partial charge in [-0.3, -0.25) is 4.68 Å². The molecule has 3 heteroatoms. The van der Waals surface area contributed by atoms with E-state index in [9.17, 15) is 5.11 Å². The van der Waals surface area contributed by atoms with E-state index in [0.29, 0.717) is 6.54 Å². The van der Waals surface area contributed by atoms with Crippen molar-refractivity contribution in [2.45, 2.75) is 26.5 Å². The van der Waals surface area contributed by atoms with E-state index in [1.165, 1.54) is 5.39 Å². The summed E-state index contributed by atoms with van der Waals surface area (Å²) in [5.41, 5.74) is 2.98. The van der Waals surface area contributed by atoms with E-state index in [2.05, 4.69) is 23.3 Å². The van der Waals surface area contributed by atoms with Crippen LogP contribution in [0.2, 0.25) is 0 Å². The molecule has 0 saturated carbocycles. The summed E-state index contributed by atoms with van der Waals surface area (Å²) in [5, 5.41) is 17.1. The van der Waals surface area contributed by atoms with Gasteiger partial charge in [-0.2, -0.15) is 5.10 Å². The monoisotopic (exact) mass is 266 g/mol. The van der Waals surface area contributed by atoms with E-state index < -0.39 is 6.10 Å². The van der Waals surface area contributed by atoms with Crippen LogP contribution in [-0.4, -0.2) is 14.9 Å². The molecular weight excluding hydrogens is 248 g/mol. The first-order chi connectivity index (χ1) is 9.63. The van der Waals surface area contributed by atoms with Gasteiger partial charge in [0, 0.05) is 5.69 Å². The van der Waals surface area contributed by atoms with Crippen molar-refractivity contribution >= 4 is 10.8 Å². The molecule has 0 aliphatic rings. The van der Waals surface area contributed by atoms with Gasteiger partial charge in [0.2, 0.25) is 0 Å². The Balaban J connectivity index is 1.88. The van der Waals surface area contributed by atoms with Gasteiger partial charge >= 0.3 is 0 Å². The highest BCUT2D eigenvalue weighted by molar-refractivity contribution is 5.83. The zero-order chi connectivity index (χ0) is 14.1. The molecule has 0 aliphatic carbocycles. The molecule has 3 nitrogen and oxygen atoms in total. The maximum atomic E-state index is 10.4. The van der Waals surface area contributed by atoms with Crippen LogP contribution in [0.4, 0.5) is 0 Å². The van der Waals surface area contributed by atoms with Crippen LogP contribution in [0.25, 0.3) is 10.8 Å². The number of rotatable bonds is 3. The fourth-order valence-corrected chi connectivity index (χ4v) is 2.54. The summed E-state index contributed by atoms with van der Waals surface area (Å²) in [4.78, 5) is 0. The van der Waals surface area contributed by atoms with Crippen LogP contribution in [0.15, 0.2) is 48.5 Å². The van der Waals surface area contributed by atoms with Crippen molar-refractivity contribution in [2.24, 2.45) is 0 Å². The van der Waals surface area contributed by atoms with Crippen molar-refractivity contribution in [1.29, 1.82) is 0 Å². The molecule has 3 aromatic rings. The van der Waals surface area contributed by atoms with Gasteiger partial charge < -0.3 is 5.11 Å². The van der Waals surface area contributed by atoms with Gasteiger partial charge in [-0.25, -0.2) is 0 Å². The van der Waals surface area contributed by atoms with E-state index in [1.807, 2.05) is 48.9 Å². The molecule has 0 bridgehead atoms. The number of aromatic nitrogens is 2. The molecule has 1 N–H and O–H groups in total. The fraction of sp³-hybridized carbons (Fsp3) is 0.235. The molecule has 0 saturated heterocycles. The summed E-state index contributed by atoms with van der Waals surface area (Å²) in [6.07, 6.45) is -0.544. The summed E-state index contributed by atoms with van der Waals surface area (Å²) in [7, 11) is 0. The molecule has 0 spiro atoms. The molecule has 0 aliphatic heterocycles. The Kier molecular flexibility index (Phi) is 3.28. The van der Waals surface area contributed by atoms with Crippen LogP contribution in [0.1, 0.15) is 23.1 Å². The van der Waals surface area contributed by atoms with Gasteiger partial charge in [-0.15, -0.1) is 0 Å². The van der Waals surface area contributed by atoms with Crippen molar-refractivity contribution in [1.82, 2.24) is 9.78 Å². The molecule has 1 unspecified atom stereocenters. The topological polar surface area (TPSA) is 38.0 Å². The normalized spacial score (nSPS) is 12.8. The molecule has 1 heterocycles. The zero-order valence-electron chi connectivity index (χ0n) is 11.7. The maximum absolute atomic E-state index is 10.4. The number of benzene rings is 2. The predicted octanol–water partition coefficient (Wildman–Crippen LogP) is 3.39. The lowest BCUT2D eigenvalue weighted by atomic mass is 10.0. The number of hydrogen-bond donors (Lipinski definition) is 1. The fourth-order valence-electron chi connectivity index (χ4n) is 2.54. The van der Waals surface area contributed by atoms with E-state index in [1.54, 1.807) is 0 Å². The third-order valence-electron chi connectivity index (χ3n) is 3.61. The first-order valence-electron chi connectivity index (χ1n) is 6.81. The quantitative estimate of drug-likeness (QED) is 0.789. The minimum absolute atomic E-state index is 0.484. The van der Waals surface area contributed by atoms with Crippen LogP contribution < -0.4 is 0 Å². The van der Waals surface area contributed by atoms with Crippen LogP contribution in [-0.2, 0) is 6.54 Å². The zero-order valence-corrected chi connectivity index (χ0v) is 11.7. The Hall–Kier alpha value is -2.13. The van der Waals surface area contributed by atoms with Crippen LogP contribution in [0, 0.1) is 13.8 Å². The number of hydrogen-bond acceptors (Lipinski definition) is 2. The highest BCUT2D eigenvalue weighted by Gasteiger charge is 2.11. The van der Waals surface area contributed by atoms with E-state index in [0.717, 1.165) is 22.3 Å². The van der Waals surface area contributed by atoms with Crippen LogP contribution >= 0.6 is 0 Å². The Morgan fingerprint density at radius 1 is 1.05 bits per heavy atom. The van der Waals surface area contributed by atoms with Gasteiger partial charge in [0.05, 0.1) is 18.3 Å². The first-order valence-corrected chi connectivity index (χ1v) is 6.81. The molecule has 0 amide bonds.